The SMILES string of the molecule is CC(C)N(CC(=O)O)CC1Cc2cc(Br)ccc2O1. The maximum atomic E-state index is 10.9. The number of ether oxygens (including phenoxy) is 1. The molecule has 2 rings (SSSR count). The molecule has 1 aromatic carbocycles. The van der Waals surface area contributed by atoms with Gasteiger partial charge in [0, 0.05) is 23.5 Å². The maximum Gasteiger partial charge on any atom is 0.317 e. The third-order valence-electron chi connectivity index (χ3n) is 3.27. The van der Waals surface area contributed by atoms with Crippen LogP contribution in [0.1, 0.15) is 19.4 Å². The highest BCUT2D eigenvalue weighted by atomic mass is 79.9. The first-order valence-electron chi connectivity index (χ1n) is 6.36. The number of halogens is 1. The molecule has 0 spiro atoms. The van der Waals surface area contributed by atoms with Gasteiger partial charge in [-0.1, -0.05) is 15.9 Å². The van der Waals surface area contributed by atoms with Crippen molar-refractivity contribution in [3.05, 3.63) is 28.2 Å². The lowest BCUT2D eigenvalue weighted by molar-refractivity contribution is -0.139. The van der Waals surface area contributed by atoms with Crippen molar-refractivity contribution in [2.45, 2.75) is 32.4 Å². The molecule has 5 heteroatoms. The molecule has 0 amide bonds. The van der Waals surface area contributed by atoms with Crippen LogP contribution in [0.15, 0.2) is 22.7 Å². The molecule has 1 aliphatic rings. The van der Waals surface area contributed by atoms with Crippen molar-refractivity contribution >= 4 is 21.9 Å². The number of carbonyl (C=O) groups is 1. The largest absolute Gasteiger partial charge is 0.488 e. The number of carboxylic acid groups (broad SMARTS) is 1. The van der Waals surface area contributed by atoms with Crippen molar-refractivity contribution in [1.82, 2.24) is 4.90 Å². The first-order chi connectivity index (χ1) is 8.95. The average molecular weight is 328 g/mol. The molecule has 1 atom stereocenters. The van der Waals surface area contributed by atoms with Crippen LogP contribution in [0.5, 0.6) is 5.75 Å². The van der Waals surface area contributed by atoms with Crippen molar-refractivity contribution in [1.29, 1.82) is 0 Å². The van der Waals surface area contributed by atoms with Gasteiger partial charge in [0.2, 0.25) is 0 Å². The summed E-state index contributed by atoms with van der Waals surface area (Å²) in [4.78, 5) is 12.8. The average Bonchev–Trinajstić information content (AvgIpc) is 2.68. The normalized spacial score (nSPS) is 17.6. The Bertz CT molecular complexity index is 476. The molecule has 1 unspecified atom stereocenters. The molecular formula is C14H18BrNO3. The van der Waals surface area contributed by atoms with Gasteiger partial charge >= 0.3 is 5.97 Å². The zero-order valence-electron chi connectivity index (χ0n) is 11.1. The Balaban J connectivity index is 2.00. The highest BCUT2D eigenvalue weighted by Gasteiger charge is 2.26. The summed E-state index contributed by atoms with van der Waals surface area (Å²) >= 11 is 3.45. The second-order valence-corrected chi connectivity index (χ2v) is 6.03. The lowest BCUT2D eigenvalue weighted by Gasteiger charge is -2.27. The van der Waals surface area contributed by atoms with Gasteiger partial charge in [-0.3, -0.25) is 9.69 Å². The minimum atomic E-state index is -0.799. The molecule has 1 N–H and O–H groups in total. The standard InChI is InChI=1S/C14H18BrNO3/c1-9(2)16(8-14(17)18)7-12-6-10-5-11(15)3-4-13(10)19-12/h3-5,9,12H,6-8H2,1-2H3,(H,17,18). The van der Waals surface area contributed by atoms with Crippen LogP contribution in [0, 0.1) is 0 Å². The summed E-state index contributed by atoms with van der Waals surface area (Å²) < 4.78 is 6.91. The predicted molar refractivity (Wildman–Crippen MR) is 76.6 cm³/mol. The second kappa shape index (κ2) is 5.92. The molecule has 0 saturated carbocycles. The molecule has 4 nitrogen and oxygen atoms in total. The Kier molecular flexibility index (Phi) is 4.47. The smallest absolute Gasteiger partial charge is 0.317 e. The quantitative estimate of drug-likeness (QED) is 0.902. The molecular weight excluding hydrogens is 310 g/mol. The van der Waals surface area contributed by atoms with E-state index in [0.717, 1.165) is 16.6 Å². The minimum Gasteiger partial charge on any atom is -0.488 e. The van der Waals surface area contributed by atoms with E-state index >= 15 is 0 Å². The molecule has 1 aliphatic heterocycles. The molecule has 104 valence electrons. The highest BCUT2D eigenvalue weighted by molar-refractivity contribution is 9.10. The summed E-state index contributed by atoms with van der Waals surface area (Å²) in [6.07, 6.45) is 0.864. The van der Waals surface area contributed by atoms with Crippen molar-refractivity contribution in [2.75, 3.05) is 13.1 Å². The lowest BCUT2D eigenvalue weighted by atomic mass is 10.1. The third kappa shape index (κ3) is 3.70. The van der Waals surface area contributed by atoms with Gasteiger partial charge in [-0.25, -0.2) is 0 Å². The molecule has 0 bridgehead atoms. The fraction of sp³-hybridized carbons (Fsp3) is 0.500. The van der Waals surface area contributed by atoms with Crippen molar-refractivity contribution < 1.29 is 14.6 Å². The van der Waals surface area contributed by atoms with Crippen LogP contribution in [0.25, 0.3) is 0 Å². The fourth-order valence-electron chi connectivity index (χ4n) is 2.28. The molecule has 0 saturated heterocycles. The van der Waals surface area contributed by atoms with Crippen LogP contribution >= 0.6 is 15.9 Å². The number of fused-ring (bicyclic) bond motifs is 1. The van der Waals surface area contributed by atoms with Gasteiger partial charge in [-0.2, -0.15) is 0 Å². The van der Waals surface area contributed by atoms with E-state index in [1.807, 2.05) is 30.9 Å². The first-order valence-corrected chi connectivity index (χ1v) is 7.16. The number of hydrogen-bond acceptors (Lipinski definition) is 3. The monoisotopic (exact) mass is 327 g/mol. The number of carboxylic acids is 1. The highest BCUT2D eigenvalue weighted by Crippen LogP contribution is 2.31. The number of benzene rings is 1. The number of aliphatic carboxylic acids is 1. The second-order valence-electron chi connectivity index (χ2n) is 5.11. The number of nitrogens with zero attached hydrogens (tertiary/aromatic N) is 1. The zero-order valence-corrected chi connectivity index (χ0v) is 12.7. The summed E-state index contributed by atoms with van der Waals surface area (Å²) in [6.45, 7) is 4.69. The lowest BCUT2D eigenvalue weighted by Crippen LogP contribution is -2.42. The van der Waals surface area contributed by atoms with Crippen LogP contribution in [-0.2, 0) is 11.2 Å². The third-order valence-corrected chi connectivity index (χ3v) is 3.76. The van der Waals surface area contributed by atoms with E-state index in [2.05, 4.69) is 22.0 Å². The van der Waals surface area contributed by atoms with Crippen LogP contribution in [0.4, 0.5) is 0 Å². The van der Waals surface area contributed by atoms with E-state index in [1.54, 1.807) is 0 Å². The van der Waals surface area contributed by atoms with E-state index in [-0.39, 0.29) is 18.7 Å². The Morgan fingerprint density at radius 3 is 2.95 bits per heavy atom. The Labute approximate surface area is 121 Å². The van der Waals surface area contributed by atoms with Crippen molar-refractivity contribution in [3.63, 3.8) is 0 Å². The zero-order chi connectivity index (χ0) is 14.0. The van der Waals surface area contributed by atoms with E-state index in [0.29, 0.717) is 6.54 Å². The van der Waals surface area contributed by atoms with Gasteiger partial charge in [-0.15, -0.1) is 0 Å². The predicted octanol–water partition coefficient (Wildman–Crippen LogP) is 2.55. The summed E-state index contributed by atoms with van der Waals surface area (Å²) in [6, 6.07) is 6.16. The fourth-order valence-corrected chi connectivity index (χ4v) is 2.69. The molecule has 1 aromatic rings. The molecule has 0 fully saturated rings. The Hall–Kier alpha value is -1.07. The van der Waals surface area contributed by atoms with Crippen LogP contribution in [0.3, 0.4) is 0 Å². The van der Waals surface area contributed by atoms with Gasteiger partial charge in [0.05, 0.1) is 6.54 Å². The molecule has 0 aromatic heterocycles. The van der Waals surface area contributed by atoms with Gasteiger partial charge in [0.15, 0.2) is 0 Å². The first kappa shape index (κ1) is 14.3. The summed E-state index contributed by atoms with van der Waals surface area (Å²) in [5.41, 5.74) is 1.18. The number of hydrogen-bond donors (Lipinski definition) is 1. The van der Waals surface area contributed by atoms with Crippen LogP contribution in [0.2, 0.25) is 0 Å². The number of rotatable bonds is 5. The van der Waals surface area contributed by atoms with E-state index in [9.17, 15) is 4.79 Å². The molecule has 0 radical (unpaired) electrons. The molecule has 19 heavy (non-hydrogen) atoms. The van der Waals surface area contributed by atoms with Gasteiger partial charge in [-0.05, 0) is 37.6 Å². The molecule has 1 heterocycles. The van der Waals surface area contributed by atoms with E-state index < -0.39 is 5.97 Å². The topological polar surface area (TPSA) is 49.8 Å². The van der Waals surface area contributed by atoms with Gasteiger partial charge in [0.1, 0.15) is 11.9 Å². The summed E-state index contributed by atoms with van der Waals surface area (Å²) in [5, 5.41) is 8.93. The Morgan fingerprint density at radius 1 is 1.58 bits per heavy atom. The van der Waals surface area contributed by atoms with Crippen molar-refractivity contribution in [3.8, 4) is 5.75 Å². The summed E-state index contributed by atoms with van der Waals surface area (Å²) in [7, 11) is 0. The van der Waals surface area contributed by atoms with Crippen LogP contribution < -0.4 is 4.74 Å². The minimum absolute atomic E-state index is 0.0334. The Morgan fingerprint density at radius 2 is 2.32 bits per heavy atom. The van der Waals surface area contributed by atoms with E-state index in [4.69, 9.17) is 9.84 Å². The van der Waals surface area contributed by atoms with Gasteiger partial charge < -0.3 is 9.84 Å². The van der Waals surface area contributed by atoms with Crippen LogP contribution in [-0.4, -0.2) is 41.2 Å². The summed E-state index contributed by atoms with van der Waals surface area (Å²) in [5.74, 6) is 0.110. The van der Waals surface area contributed by atoms with E-state index in [1.165, 1.54) is 5.56 Å². The van der Waals surface area contributed by atoms with Gasteiger partial charge in [0.25, 0.3) is 0 Å². The maximum absolute atomic E-state index is 10.9. The molecule has 0 aliphatic carbocycles. The van der Waals surface area contributed by atoms with Crippen molar-refractivity contribution in [2.24, 2.45) is 0 Å².